The third-order valence-corrected chi connectivity index (χ3v) is 4.02. The molecule has 4 heteroatoms. The van der Waals surface area contributed by atoms with Gasteiger partial charge in [0.1, 0.15) is 17.3 Å². The Bertz CT molecular complexity index is 536. The van der Waals surface area contributed by atoms with E-state index in [0.29, 0.717) is 10.8 Å². The van der Waals surface area contributed by atoms with Gasteiger partial charge >= 0.3 is 0 Å². The molecule has 0 aliphatic rings. The summed E-state index contributed by atoms with van der Waals surface area (Å²) in [5.74, 6) is 2.54. The minimum Gasteiger partial charge on any atom is -0.495 e. The van der Waals surface area contributed by atoms with E-state index in [1.807, 2.05) is 30.3 Å². The van der Waals surface area contributed by atoms with Crippen molar-refractivity contribution in [2.45, 2.75) is 18.2 Å². The molecular formula is C14H14BrClO2. The summed E-state index contributed by atoms with van der Waals surface area (Å²) in [6.07, 6.45) is 0.892. The number of methoxy groups -OCH3 is 1. The predicted octanol–water partition coefficient (Wildman–Crippen LogP) is 4.99. The number of hydrogen-bond acceptors (Lipinski definition) is 2. The van der Waals surface area contributed by atoms with Crippen LogP contribution in [0.25, 0.3) is 0 Å². The van der Waals surface area contributed by atoms with Crippen LogP contribution in [0.1, 0.15) is 28.8 Å². The first-order valence-electron chi connectivity index (χ1n) is 5.71. The van der Waals surface area contributed by atoms with Crippen LogP contribution in [0, 0.1) is 0 Å². The Morgan fingerprint density at radius 2 is 2.11 bits per heavy atom. The first kappa shape index (κ1) is 13.5. The van der Waals surface area contributed by atoms with Crippen LogP contribution in [0.5, 0.6) is 5.75 Å². The standard InChI is InChI=1S/C14H14BrClO2/c1-3-10-5-7-13(18-10)14(15)9-4-6-12(17-2)11(16)8-9/h4-8,14H,3H2,1-2H3. The van der Waals surface area contributed by atoms with Crippen LogP contribution in [0.4, 0.5) is 0 Å². The number of furan rings is 1. The van der Waals surface area contributed by atoms with Crippen LogP contribution in [-0.2, 0) is 6.42 Å². The SMILES string of the molecule is CCc1ccc(C(Br)c2ccc(OC)c(Cl)c2)o1. The molecule has 0 N–H and O–H groups in total. The molecule has 0 spiro atoms. The first-order valence-corrected chi connectivity index (χ1v) is 7.01. The lowest BCUT2D eigenvalue weighted by molar-refractivity contribution is 0.415. The number of halogens is 2. The number of rotatable bonds is 4. The van der Waals surface area contributed by atoms with Gasteiger partial charge in [0.05, 0.1) is 17.0 Å². The van der Waals surface area contributed by atoms with Gasteiger partial charge in [-0.3, -0.25) is 0 Å². The molecule has 0 amide bonds. The zero-order valence-corrected chi connectivity index (χ0v) is 12.6. The Kier molecular flexibility index (Phi) is 4.36. The smallest absolute Gasteiger partial charge is 0.137 e. The molecule has 0 aliphatic carbocycles. The summed E-state index contributed by atoms with van der Waals surface area (Å²) >= 11 is 9.74. The molecule has 0 bridgehead atoms. The van der Waals surface area contributed by atoms with Crippen LogP contribution in [0.2, 0.25) is 5.02 Å². The monoisotopic (exact) mass is 328 g/mol. The van der Waals surface area contributed by atoms with E-state index in [1.165, 1.54) is 0 Å². The zero-order chi connectivity index (χ0) is 13.1. The van der Waals surface area contributed by atoms with Crippen molar-refractivity contribution in [3.05, 3.63) is 52.4 Å². The van der Waals surface area contributed by atoms with Gasteiger partial charge in [-0.15, -0.1) is 0 Å². The van der Waals surface area contributed by atoms with Crippen LogP contribution in [-0.4, -0.2) is 7.11 Å². The van der Waals surface area contributed by atoms with Gasteiger partial charge in [-0.1, -0.05) is 40.5 Å². The maximum Gasteiger partial charge on any atom is 0.137 e. The lowest BCUT2D eigenvalue weighted by Gasteiger charge is -2.10. The lowest BCUT2D eigenvalue weighted by atomic mass is 10.1. The summed E-state index contributed by atoms with van der Waals surface area (Å²) in [6, 6.07) is 9.69. The largest absolute Gasteiger partial charge is 0.495 e. The van der Waals surface area contributed by atoms with Crippen molar-refractivity contribution in [2.75, 3.05) is 7.11 Å². The van der Waals surface area contributed by atoms with Gasteiger partial charge < -0.3 is 9.15 Å². The van der Waals surface area contributed by atoms with E-state index in [1.54, 1.807) is 7.11 Å². The molecular weight excluding hydrogens is 316 g/mol. The Labute approximate surface area is 120 Å². The Balaban J connectivity index is 2.27. The maximum absolute atomic E-state index is 6.12. The minimum atomic E-state index is 0.00112. The molecule has 1 aromatic carbocycles. The number of benzene rings is 1. The highest BCUT2D eigenvalue weighted by Gasteiger charge is 2.15. The first-order chi connectivity index (χ1) is 8.65. The predicted molar refractivity (Wildman–Crippen MR) is 76.9 cm³/mol. The summed E-state index contributed by atoms with van der Waals surface area (Å²) in [6.45, 7) is 2.07. The van der Waals surface area contributed by atoms with E-state index in [2.05, 4.69) is 22.9 Å². The zero-order valence-electron chi connectivity index (χ0n) is 10.2. The summed E-state index contributed by atoms with van der Waals surface area (Å²) in [5, 5.41) is 0.599. The third-order valence-electron chi connectivity index (χ3n) is 2.75. The molecule has 0 fully saturated rings. The summed E-state index contributed by atoms with van der Waals surface area (Å²) in [4.78, 5) is 0.00112. The van der Waals surface area contributed by atoms with Crippen molar-refractivity contribution in [2.24, 2.45) is 0 Å². The fourth-order valence-corrected chi connectivity index (χ4v) is 2.52. The molecule has 2 rings (SSSR count). The second-order valence-electron chi connectivity index (χ2n) is 3.91. The number of ether oxygens (including phenoxy) is 1. The molecule has 96 valence electrons. The van der Waals surface area contributed by atoms with Gasteiger partial charge in [0, 0.05) is 6.42 Å². The van der Waals surface area contributed by atoms with Crippen molar-refractivity contribution < 1.29 is 9.15 Å². The fraction of sp³-hybridized carbons (Fsp3) is 0.286. The van der Waals surface area contributed by atoms with Gasteiger partial charge in [0.25, 0.3) is 0 Å². The molecule has 1 unspecified atom stereocenters. The molecule has 0 saturated heterocycles. The summed E-state index contributed by atoms with van der Waals surface area (Å²) < 4.78 is 10.9. The number of alkyl halides is 1. The van der Waals surface area contributed by atoms with Crippen molar-refractivity contribution >= 4 is 27.5 Å². The molecule has 1 aromatic heterocycles. The van der Waals surface area contributed by atoms with Gasteiger partial charge in [0.15, 0.2) is 0 Å². The number of aryl methyl sites for hydroxylation is 1. The molecule has 0 saturated carbocycles. The second kappa shape index (κ2) is 5.81. The maximum atomic E-state index is 6.12. The molecule has 18 heavy (non-hydrogen) atoms. The van der Waals surface area contributed by atoms with Crippen LogP contribution in [0.15, 0.2) is 34.7 Å². The Morgan fingerprint density at radius 3 is 2.67 bits per heavy atom. The van der Waals surface area contributed by atoms with Crippen LogP contribution >= 0.6 is 27.5 Å². The normalized spacial score (nSPS) is 12.4. The molecule has 1 atom stereocenters. The van der Waals surface area contributed by atoms with E-state index in [0.717, 1.165) is 23.5 Å². The molecule has 1 heterocycles. The average molecular weight is 330 g/mol. The van der Waals surface area contributed by atoms with E-state index in [9.17, 15) is 0 Å². The second-order valence-corrected chi connectivity index (χ2v) is 5.24. The molecule has 0 aliphatic heterocycles. The third kappa shape index (κ3) is 2.73. The highest BCUT2D eigenvalue weighted by Crippen LogP contribution is 2.35. The fourth-order valence-electron chi connectivity index (χ4n) is 1.73. The lowest BCUT2D eigenvalue weighted by Crippen LogP contribution is -1.92. The highest BCUT2D eigenvalue weighted by molar-refractivity contribution is 9.09. The van der Waals surface area contributed by atoms with Crippen molar-refractivity contribution in [1.29, 1.82) is 0 Å². The van der Waals surface area contributed by atoms with E-state index in [-0.39, 0.29) is 4.83 Å². The molecule has 0 radical (unpaired) electrons. The highest BCUT2D eigenvalue weighted by atomic mass is 79.9. The van der Waals surface area contributed by atoms with Gasteiger partial charge in [-0.2, -0.15) is 0 Å². The van der Waals surface area contributed by atoms with Crippen LogP contribution < -0.4 is 4.74 Å². The van der Waals surface area contributed by atoms with Crippen molar-refractivity contribution in [1.82, 2.24) is 0 Å². The van der Waals surface area contributed by atoms with E-state index in [4.69, 9.17) is 20.8 Å². The molecule has 2 aromatic rings. The average Bonchev–Trinajstić information content (AvgIpc) is 2.86. The van der Waals surface area contributed by atoms with Crippen molar-refractivity contribution in [3.8, 4) is 5.75 Å². The summed E-state index contributed by atoms with van der Waals surface area (Å²) in [5.41, 5.74) is 1.04. The van der Waals surface area contributed by atoms with Gasteiger partial charge in [-0.05, 0) is 29.8 Å². The number of hydrogen-bond donors (Lipinski definition) is 0. The van der Waals surface area contributed by atoms with E-state index >= 15 is 0 Å². The minimum absolute atomic E-state index is 0.00112. The van der Waals surface area contributed by atoms with Gasteiger partial charge in [-0.25, -0.2) is 0 Å². The van der Waals surface area contributed by atoms with Gasteiger partial charge in [0.2, 0.25) is 0 Å². The summed E-state index contributed by atoms with van der Waals surface area (Å²) in [7, 11) is 1.60. The quantitative estimate of drug-likeness (QED) is 0.737. The van der Waals surface area contributed by atoms with Crippen LogP contribution in [0.3, 0.4) is 0 Å². The Hall–Kier alpha value is -0.930. The topological polar surface area (TPSA) is 22.4 Å². The molecule has 2 nitrogen and oxygen atoms in total. The van der Waals surface area contributed by atoms with Crippen molar-refractivity contribution in [3.63, 3.8) is 0 Å². The Morgan fingerprint density at radius 1 is 1.33 bits per heavy atom. The van der Waals surface area contributed by atoms with E-state index < -0.39 is 0 Å².